The quantitative estimate of drug-likeness (QED) is 0.632. The molecule has 0 aliphatic carbocycles. The largest absolute Gasteiger partial charge is 0.303 e. The third-order valence-corrected chi connectivity index (χ3v) is 2.33. The van der Waals surface area contributed by atoms with Crippen LogP contribution in [-0.4, -0.2) is 6.29 Å². The predicted octanol–water partition coefficient (Wildman–Crippen LogP) is 3.50. The highest BCUT2D eigenvalue weighted by atomic mass is 32.1. The summed E-state index contributed by atoms with van der Waals surface area (Å²) in [6.45, 7) is 1.81. The van der Waals surface area contributed by atoms with Crippen molar-refractivity contribution in [1.82, 2.24) is 0 Å². The Morgan fingerprint density at radius 2 is 1.69 bits per heavy atom. The Kier molecular flexibility index (Phi) is 4.19. The third-order valence-electron chi connectivity index (χ3n) is 1.55. The average Bonchev–Trinajstić information content (AvgIpc) is 2.66. The Morgan fingerprint density at radius 1 is 1.23 bits per heavy atom. The van der Waals surface area contributed by atoms with Gasteiger partial charge in [-0.05, 0) is 21.5 Å². The molecule has 0 spiro atoms. The Balaban J connectivity index is 0.000000184. The van der Waals surface area contributed by atoms with Crippen molar-refractivity contribution in [2.45, 2.75) is 13.3 Å². The summed E-state index contributed by atoms with van der Waals surface area (Å²) in [5.74, 6) is 0. The monoisotopic (exact) mass is 192 g/mol. The standard InChI is InChI=1S/C8H6S.C3H6O/c1-2-4-8-6-9-5-7(8)3-1;1-2-3-4/h1-6H;3H,2H2,1H3. The molecule has 2 aromatic rings. The fourth-order valence-electron chi connectivity index (χ4n) is 0.906. The van der Waals surface area contributed by atoms with Crippen molar-refractivity contribution < 1.29 is 4.79 Å². The molecule has 0 fully saturated rings. The fraction of sp³-hybridized carbons (Fsp3) is 0.182. The summed E-state index contributed by atoms with van der Waals surface area (Å²) >= 11 is 1.75. The van der Waals surface area contributed by atoms with E-state index in [-0.39, 0.29) is 0 Å². The second kappa shape index (κ2) is 5.49. The Bertz CT molecular complexity index is 335. The summed E-state index contributed by atoms with van der Waals surface area (Å²) in [5.41, 5.74) is 0. The maximum atomic E-state index is 9.17. The van der Waals surface area contributed by atoms with Gasteiger partial charge in [-0.3, -0.25) is 0 Å². The maximum absolute atomic E-state index is 9.17. The first-order valence-electron chi connectivity index (χ1n) is 4.23. The molecule has 0 aliphatic rings. The van der Waals surface area contributed by atoms with E-state index in [4.69, 9.17) is 0 Å². The van der Waals surface area contributed by atoms with Crippen LogP contribution >= 0.6 is 11.3 Å². The van der Waals surface area contributed by atoms with Crippen LogP contribution in [0.25, 0.3) is 10.8 Å². The van der Waals surface area contributed by atoms with Crippen LogP contribution in [0.5, 0.6) is 0 Å². The van der Waals surface area contributed by atoms with Gasteiger partial charge in [0.05, 0.1) is 0 Å². The number of benzene rings is 1. The summed E-state index contributed by atoms with van der Waals surface area (Å²) in [7, 11) is 0. The van der Waals surface area contributed by atoms with Gasteiger partial charge >= 0.3 is 0 Å². The molecule has 1 aromatic carbocycles. The van der Waals surface area contributed by atoms with Crippen LogP contribution in [0.1, 0.15) is 13.3 Å². The first-order valence-corrected chi connectivity index (χ1v) is 5.17. The highest BCUT2D eigenvalue weighted by Gasteiger charge is 1.87. The highest BCUT2D eigenvalue weighted by Crippen LogP contribution is 2.17. The van der Waals surface area contributed by atoms with E-state index in [0.29, 0.717) is 6.42 Å². The zero-order valence-corrected chi connectivity index (χ0v) is 8.38. The molecule has 0 amide bonds. The van der Waals surface area contributed by atoms with E-state index in [1.54, 1.807) is 11.3 Å². The van der Waals surface area contributed by atoms with Gasteiger partial charge < -0.3 is 4.79 Å². The summed E-state index contributed by atoms with van der Waals surface area (Å²) in [6.07, 6.45) is 1.51. The van der Waals surface area contributed by atoms with Crippen molar-refractivity contribution in [3.8, 4) is 0 Å². The first kappa shape index (κ1) is 9.93. The van der Waals surface area contributed by atoms with Gasteiger partial charge in [0.25, 0.3) is 0 Å². The molecule has 0 N–H and O–H groups in total. The SMILES string of the molecule is CCC=O.c1ccc2cscc2c1. The van der Waals surface area contributed by atoms with E-state index in [0.717, 1.165) is 6.29 Å². The van der Waals surface area contributed by atoms with Crippen molar-refractivity contribution in [2.75, 3.05) is 0 Å². The van der Waals surface area contributed by atoms with Gasteiger partial charge in [0, 0.05) is 6.42 Å². The van der Waals surface area contributed by atoms with Crippen molar-refractivity contribution in [3.63, 3.8) is 0 Å². The van der Waals surface area contributed by atoms with Crippen LogP contribution in [0.2, 0.25) is 0 Å². The number of hydrogen-bond donors (Lipinski definition) is 0. The normalized spacial score (nSPS) is 9.00. The van der Waals surface area contributed by atoms with E-state index in [1.165, 1.54) is 10.8 Å². The van der Waals surface area contributed by atoms with Crippen molar-refractivity contribution in [3.05, 3.63) is 35.0 Å². The lowest BCUT2D eigenvalue weighted by molar-refractivity contribution is -0.107. The van der Waals surface area contributed by atoms with Gasteiger partial charge in [0.2, 0.25) is 0 Å². The molecule has 2 rings (SSSR count). The third kappa shape index (κ3) is 2.99. The summed E-state index contributed by atoms with van der Waals surface area (Å²) in [4.78, 5) is 9.17. The first-order chi connectivity index (χ1) is 6.38. The topological polar surface area (TPSA) is 17.1 Å². The Hall–Kier alpha value is -1.15. The molecule has 13 heavy (non-hydrogen) atoms. The number of rotatable bonds is 1. The molecular weight excluding hydrogens is 180 g/mol. The highest BCUT2D eigenvalue weighted by molar-refractivity contribution is 7.09. The van der Waals surface area contributed by atoms with Crippen molar-refractivity contribution in [1.29, 1.82) is 0 Å². The number of thiophene rings is 1. The van der Waals surface area contributed by atoms with Gasteiger partial charge in [0.15, 0.2) is 0 Å². The van der Waals surface area contributed by atoms with Crippen LogP contribution < -0.4 is 0 Å². The second-order valence-corrected chi connectivity index (χ2v) is 3.32. The number of carbonyl (C=O) groups excluding carboxylic acids is 1. The van der Waals surface area contributed by atoms with Crippen molar-refractivity contribution >= 4 is 28.4 Å². The average molecular weight is 192 g/mol. The predicted molar refractivity (Wildman–Crippen MR) is 58.2 cm³/mol. The molecule has 0 atom stereocenters. The molecule has 0 bridgehead atoms. The molecule has 0 radical (unpaired) electrons. The van der Waals surface area contributed by atoms with Crippen molar-refractivity contribution in [2.24, 2.45) is 0 Å². The lowest BCUT2D eigenvalue weighted by Gasteiger charge is -1.82. The molecule has 0 unspecified atom stereocenters. The lowest BCUT2D eigenvalue weighted by Crippen LogP contribution is -1.57. The number of hydrogen-bond acceptors (Lipinski definition) is 2. The second-order valence-electron chi connectivity index (χ2n) is 2.58. The minimum atomic E-state index is 0.639. The minimum absolute atomic E-state index is 0.639. The molecule has 2 heteroatoms. The smallest absolute Gasteiger partial charge is 0.119 e. The van der Waals surface area contributed by atoms with Crippen LogP contribution in [0, 0.1) is 0 Å². The Labute approximate surface area is 82.0 Å². The summed E-state index contributed by atoms with van der Waals surface area (Å²) < 4.78 is 0. The molecule has 1 aromatic heterocycles. The van der Waals surface area contributed by atoms with E-state index in [1.807, 2.05) is 6.92 Å². The number of fused-ring (bicyclic) bond motifs is 1. The van der Waals surface area contributed by atoms with Gasteiger partial charge in [-0.2, -0.15) is 11.3 Å². The van der Waals surface area contributed by atoms with Gasteiger partial charge in [-0.25, -0.2) is 0 Å². The van der Waals surface area contributed by atoms with Crippen LogP contribution in [0.15, 0.2) is 35.0 Å². The lowest BCUT2D eigenvalue weighted by atomic mass is 10.2. The van der Waals surface area contributed by atoms with Gasteiger partial charge in [0.1, 0.15) is 6.29 Å². The number of aldehydes is 1. The van der Waals surface area contributed by atoms with Gasteiger partial charge in [-0.15, -0.1) is 0 Å². The van der Waals surface area contributed by atoms with Crippen LogP contribution in [0.4, 0.5) is 0 Å². The van der Waals surface area contributed by atoms with E-state index < -0.39 is 0 Å². The molecule has 0 aliphatic heterocycles. The van der Waals surface area contributed by atoms with Gasteiger partial charge in [-0.1, -0.05) is 31.2 Å². The van der Waals surface area contributed by atoms with Crippen LogP contribution in [0.3, 0.4) is 0 Å². The zero-order valence-electron chi connectivity index (χ0n) is 7.57. The molecule has 0 saturated heterocycles. The number of carbonyl (C=O) groups is 1. The molecular formula is C11H12OS. The molecule has 1 heterocycles. The molecule has 1 nitrogen and oxygen atoms in total. The summed E-state index contributed by atoms with van der Waals surface area (Å²) in [5, 5.41) is 7.02. The van der Waals surface area contributed by atoms with E-state index >= 15 is 0 Å². The fourth-order valence-corrected chi connectivity index (χ4v) is 1.70. The molecule has 0 saturated carbocycles. The van der Waals surface area contributed by atoms with Crippen LogP contribution in [-0.2, 0) is 4.79 Å². The van der Waals surface area contributed by atoms with E-state index in [2.05, 4.69) is 35.0 Å². The Morgan fingerprint density at radius 3 is 2.08 bits per heavy atom. The molecule has 68 valence electrons. The zero-order chi connectivity index (χ0) is 9.52. The van der Waals surface area contributed by atoms with E-state index in [9.17, 15) is 4.79 Å². The minimum Gasteiger partial charge on any atom is -0.303 e. The maximum Gasteiger partial charge on any atom is 0.119 e. The summed E-state index contributed by atoms with van der Waals surface area (Å²) in [6, 6.07) is 8.39.